The second-order valence-electron chi connectivity index (χ2n) is 8.53. The minimum atomic E-state index is 0.387. The maximum absolute atomic E-state index is 5.60. The standard InChI is InChI=1S/C27H30N4O/c1-32-26-14-8-5-11-21(26)19-31-25-13-7-6-12-24(25)30-27(31)29-22-15-16-28-23(18-22)17-20-9-3-2-4-10-20/h2-14,22-23,28H,15-19H2,1H3,(H,29,30)/t22-,23+/m1/s1. The molecule has 32 heavy (non-hydrogen) atoms. The Morgan fingerprint density at radius 3 is 2.66 bits per heavy atom. The largest absolute Gasteiger partial charge is 0.496 e. The van der Waals surface area contributed by atoms with E-state index in [9.17, 15) is 0 Å². The van der Waals surface area contributed by atoms with Crippen LogP contribution in [0.25, 0.3) is 11.0 Å². The number of hydrogen-bond donors (Lipinski definition) is 2. The number of ether oxygens (including phenoxy) is 1. The topological polar surface area (TPSA) is 51.1 Å². The van der Waals surface area contributed by atoms with Gasteiger partial charge in [-0.15, -0.1) is 0 Å². The fraction of sp³-hybridized carbons (Fsp3) is 0.296. The number of piperidine rings is 1. The van der Waals surface area contributed by atoms with E-state index >= 15 is 0 Å². The molecule has 4 aromatic rings. The zero-order valence-electron chi connectivity index (χ0n) is 18.5. The molecule has 0 radical (unpaired) electrons. The summed E-state index contributed by atoms with van der Waals surface area (Å²) in [6.07, 6.45) is 3.21. The number of rotatable bonds is 7. The normalized spacial score (nSPS) is 18.5. The average molecular weight is 427 g/mol. The number of para-hydroxylation sites is 3. The first-order valence-electron chi connectivity index (χ1n) is 11.4. The molecule has 2 heterocycles. The van der Waals surface area contributed by atoms with Crippen molar-refractivity contribution < 1.29 is 4.74 Å². The van der Waals surface area contributed by atoms with Crippen molar-refractivity contribution in [3.63, 3.8) is 0 Å². The molecule has 1 aliphatic heterocycles. The number of aromatic nitrogens is 2. The molecule has 0 saturated carbocycles. The van der Waals surface area contributed by atoms with Crippen LogP contribution < -0.4 is 15.4 Å². The van der Waals surface area contributed by atoms with E-state index in [1.54, 1.807) is 7.11 Å². The molecule has 1 fully saturated rings. The van der Waals surface area contributed by atoms with E-state index in [0.29, 0.717) is 18.6 Å². The van der Waals surface area contributed by atoms with Gasteiger partial charge in [0.25, 0.3) is 0 Å². The molecule has 1 aromatic heterocycles. The minimum absolute atomic E-state index is 0.387. The van der Waals surface area contributed by atoms with Crippen LogP contribution in [0.15, 0.2) is 78.9 Å². The van der Waals surface area contributed by atoms with Gasteiger partial charge in [0.1, 0.15) is 5.75 Å². The molecular formula is C27H30N4O. The molecule has 2 N–H and O–H groups in total. The first kappa shape index (κ1) is 20.6. The Kier molecular flexibility index (Phi) is 6.08. The van der Waals surface area contributed by atoms with Crippen molar-refractivity contribution in [2.45, 2.75) is 37.9 Å². The van der Waals surface area contributed by atoms with E-state index in [0.717, 1.165) is 54.1 Å². The van der Waals surface area contributed by atoms with Gasteiger partial charge in [-0.05, 0) is 49.6 Å². The fourth-order valence-electron chi connectivity index (χ4n) is 4.72. The summed E-state index contributed by atoms with van der Waals surface area (Å²) in [5.41, 5.74) is 4.68. The number of anilines is 1. The number of methoxy groups -OCH3 is 1. The van der Waals surface area contributed by atoms with Crippen LogP contribution in [0.3, 0.4) is 0 Å². The lowest BCUT2D eigenvalue weighted by Gasteiger charge is -2.31. The number of nitrogens with one attached hydrogen (secondary N) is 2. The number of benzene rings is 3. The van der Waals surface area contributed by atoms with Crippen LogP contribution in [-0.2, 0) is 13.0 Å². The highest BCUT2D eigenvalue weighted by molar-refractivity contribution is 5.78. The van der Waals surface area contributed by atoms with Crippen molar-refractivity contribution >= 4 is 17.0 Å². The van der Waals surface area contributed by atoms with E-state index in [1.807, 2.05) is 18.2 Å². The lowest BCUT2D eigenvalue weighted by atomic mass is 9.94. The molecule has 0 amide bonds. The third kappa shape index (κ3) is 4.48. The number of hydrogen-bond acceptors (Lipinski definition) is 4. The van der Waals surface area contributed by atoms with E-state index in [2.05, 4.69) is 75.9 Å². The molecule has 0 bridgehead atoms. The maximum Gasteiger partial charge on any atom is 0.204 e. The van der Waals surface area contributed by atoms with Gasteiger partial charge in [0, 0.05) is 17.6 Å². The third-order valence-electron chi connectivity index (χ3n) is 6.33. The first-order chi connectivity index (χ1) is 15.8. The highest BCUT2D eigenvalue weighted by Gasteiger charge is 2.23. The molecule has 2 atom stereocenters. The summed E-state index contributed by atoms with van der Waals surface area (Å²) < 4.78 is 7.88. The third-order valence-corrected chi connectivity index (χ3v) is 6.33. The Labute approximate surface area is 189 Å². The zero-order valence-corrected chi connectivity index (χ0v) is 18.5. The number of fused-ring (bicyclic) bond motifs is 1. The molecule has 164 valence electrons. The van der Waals surface area contributed by atoms with Crippen LogP contribution in [0.5, 0.6) is 5.75 Å². The molecule has 1 aliphatic rings. The predicted octanol–water partition coefficient (Wildman–Crippen LogP) is 4.87. The molecule has 3 aromatic carbocycles. The average Bonchev–Trinajstić information content (AvgIpc) is 3.17. The monoisotopic (exact) mass is 426 g/mol. The summed E-state index contributed by atoms with van der Waals surface area (Å²) in [4.78, 5) is 4.96. The van der Waals surface area contributed by atoms with Crippen molar-refractivity contribution in [3.8, 4) is 5.75 Å². The van der Waals surface area contributed by atoms with E-state index < -0.39 is 0 Å². The van der Waals surface area contributed by atoms with Crippen molar-refractivity contribution in [2.75, 3.05) is 19.0 Å². The van der Waals surface area contributed by atoms with Crippen molar-refractivity contribution in [1.82, 2.24) is 14.9 Å². The second-order valence-corrected chi connectivity index (χ2v) is 8.53. The van der Waals surface area contributed by atoms with Gasteiger partial charge in [0.05, 0.1) is 24.7 Å². The van der Waals surface area contributed by atoms with Gasteiger partial charge >= 0.3 is 0 Å². The van der Waals surface area contributed by atoms with E-state index in [4.69, 9.17) is 9.72 Å². The summed E-state index contributed by atoms with van der Waals surface area (Å²) in [6.45, 7) is 1.73. The summed E-state index contributed by atoms with van der Waals surface area (Å²) in [7, 11) is 1.73. The van der Waals surface area contributed by atoms with Gasteiger partial charge < -0.3 is 19.9 Å². The Morgan fingerprint density at radius 2 is 1.78 bits per heavy atom. The lowest BCUT2D eigenvalue weighted by molar-refractivity contribution is 0.372. The second kappa shape index (κ2) is 9.45. The van der Waals surface area contributed by atoms with Crippen molar-refractivity contribution in [3.05, 3.63) is 90.0 Å². The molecule has 0 spiro atoms. The molecule has 5 rings (SSSR count). The van der Waals surface area contributed by atoms with E-state index in [-0.39, 0.29) is 0 Å². The zero-order chi connectivity index (χ0) is 21.8. The summed E-state index contributed by atoms with van der Waals surface area (Å²) in [5.74, 6) is 1.84. The van der Waals surface area contributed by atoms with Crippen molar-refractivity contribution in [2.24, 2.45) is 0 Å². The summed E-state index contributed by atoms with van der Waals surface area (Å²) in [5, 5.41) is 7.48. The van der Waals surface area contributed by atoms with Crippen LogP contribution in [-0.4, -0.2) is 35.3 Å². The quantitative estimate of drug-likeness (QED) is 0.443. The lowest BCUT2D eigenvalue weighted by Crippen LogP contribution is -2.44. The number of nitrogens with zero attached hydrogens (tertiary/aromatic N) is 2. The van der Waals surface area contributed by atoms with Gasteiger partial charge in [0.15, 0.2) is 0 Å². The Balaban J connectivity index is 1.38. The summed E-state index contributed by atoms with van der Waals surface area (Å²) >= 11 is 0. The molecule has 5 nitrogen and oxygen atoms in total. The van der Waals surface area contributed by atoms with Gasteiger partial charge in [0.2, 0.25) is 5.95 Å². The molecule has 0 aliphatic carbocycles. The Hall–Kier alpha value is -3.31. The highest BCUT2D eigenvalue weighted by atomic mass is 16.5. The van der Waals surface area contributed by atoms with Crippen LogP contribution in [0.4, 0.5) is 5.95 Å². The van der Waals surface area contributed by atoms with Crippen LogP contribution >= 0.6 is 0 Å². The van der Waals surface area contributed by atoms with Gasteiger partial charge in [-0.25, -0.2) is 4.98 Å². The molecule has 0 unspecified atom stereocenters. The number of imidazole rings is 1. The molecular weight excluding hydrogens is 396 g/mol. The van der Waals surface area contributed by atoms with Gasteiger partial charge in [-0.3, -0.25) is 0 Å². The van der Waals surface area contributed by atoms with E-state index in [1.165, 1.54) is 5.56 Å². The molecule has 1 saturated heterocycles. The predicted molar refractivity (Wildman–Crippen MR) is 130 cm³/mol. The maximum atomic E-state index is 5.60. The van der Waals surface area contributed by atoms with Crippen LogP contribution in [0.2, 0.25) is 0 Å². The SMILES string of the molecule is COc1ccccc1Cn1c(N[C@@H]2CCN[C@@H](Cc3ccccc3)C2)nc2ccccc21. The van der Waals surface area contributed by atoms with Crippen molar-refractivity contribution in [1.29, 1.82) is 0 Å². The summed E-state index contributed by atoms with van der Waals surface area (Å²) in [6, 6.07) is 28.2. The molecule has 5 heteroatoms. The first-order valence-corrected chi connectivity index (χ1v) is 11.4. The Morgan fingerprint density at radius 1 is 1.00 bits per heavy atom. The Bertz CT molecular complexity index is 1170. The van der Waals surface area contributed by atoms with Crippen LogP contribution in [0.1, 0.15) is 24.0 Å². The van der Waals surface area contributed by atoms with Crippen LogP contribution in [0, 0.1) is 0 Å². The highest BCUT2D eigenvalue weighted by Crippen LogP contribution is 2.27. The van der Waals surface area contributed by atoms with Gasteiger partial charge in [-0.1, -0.05) is 60.7 Å². The van der Waals surface area contributed by atoms with Gasteiger partial charge in [-0.2, -0.15) is 0 Å². The fourth-order valence-corrected chi connectivity index (χ4v) is 4.72. The smallest absolute Gasteiger partial charge is 0.204 e. The minimum Gasteiger partial charge on any atom is -0.496 e.